The summed E-state index contributed by atoms with van der Waals surface area (Å²) in [6.45, 7) is 3.06. The van der Waals surface area contributed by atoms with Gasteiger partial charge in [-0.3, -0.25) is 0 Å². The van der Waals surface area contributed by atoms with E-state index in [1.54, 1.807) is 0 Å². The van der Waals surface area contributed by atoms with Gasteiger partial charge in [0.25, 0.3) is 0 Å². The van der Waals surface area contributed by atoms with Crippen molar-refractivity contribution in [3.63, 3.8) is 0 Å². The zero-order valence-corrected chi connectivity index (χ0v) is 10.4. The molecule has 2 N–H and O–H groups in total. The summed E-state index contributed by atoms with van der Waals surface area (Å²) < 4.78 is 0.285. The van der Waals surface area contributed by atoms with Crippen LogP contribution in [0.1, 0.15) is 19.8 Å². The summed E-state index contributed by atoms with van der Waals surface area (Å²) >= 11 is 7.76. The van der Waals surface area contributed by atoms with Crippen molar-refractivity contribution in [2.24, 2.45) is 11.7 Å². The van der Waals surface area contributed by atoms with Crippen molar-refractivity contribution >= 4 is 23.4 Å². The van der Waals surface area contributed by atoms with E-state index in [2.05, 4.69) is 19.1 Å². The Balaban J connectivity index is 2.04. The van der Waals surface area contributed by atoms with E-state index in [9.17, 15) is 0 Å². The molecule has 0 amide bonds. The molecule has 0 aliphatic heterocycles. The molecule has 0 aromatic heterocycles. The number of rotatable bonds is 3. The Hall–Kier alpha value is -0.180. The van der Waals surface area contributed by atoms with Gasteiger partial charge in [-0.2, -0.15) is 0 Å². The first-order chi connectivity index (χ1) is 7.13. The average Bonchev–Trinajstić information content (AvgIpc) is 2.18. The fourth-order valence-corrected chi connectivity index (χ4v) is 3.97. The van der Waals surface area contributed by atoms with E-state index in [0.29, 0.717) is 0 Å². The maximum Gasteiger partial charge on any atom is 0.0406 e. The molecule has 1 nitrogen and oxygen atoms in total. The molecule has 0 radical (unpaired) electrons. The third-order valence-corrected chi connectivity index (χ3v) is 4.65. The van der Waals surface area contributed by atoms with Gasteiger partial charge >= 0.3 is 0 Å². The Morgan fingerprint density at radius 1 is 1.40 bits per heavy atom. The fourth-order valence-electron chi connectivity index (χ4n) is 2.25. The summed E-state index contributed by atoms with van der Waals surface area (Å²) in [5, 5.41) is 0.795. The molecule has 0 saturated heterocycles. The van der Waals surface area contributed by atoms with E-state index < -0.39 is 0 Å². The van der Waals surface area contributed by atoms with Crippen LogP contribution in [0.5, 0.6) is 0 Å². The summed E-state index contributed by atoms with van der Waals surface area (Å²) in [5.41, 5.74) is 5.86. The minimum absolute atomic E-state index is 0.285. The maximum atomic E-state index is 5.86. The Bertz CT molecular complexity index is 330. The largest absolute Gasteiger partial charge is 0.329 e. The molecule has 0 spiro atoms. The summed E-state index contributed by atoms with van der Waals surface area (Å²) in [6.07, 6.45) is 2.47. The van der Waals surface area contributed by atoms with Crippen molar-refractivity contribution in [1.82, 2.24) is 0 Å². The average molecular weight is 242 g/mol. The Morgan fingerprint density at radius 3 is 2.47 bits per heavy atom. The lowest BCUT2D eigenvalue weighted by Gasteiger charge is -2.45. The first-order valence-corrected chi connectivity index (χ1v) is 6.48. The number of thioether (sulfide) groups is 1. The van der Waals surface area contributed by atoms with Crippen molar-refractivity contribution in [3.8, 4) is 0 Å². The van der Waals surface area contributed by atoms with E-state index in [0.717, 1.165) is 17.5 Å². The molecule has 3 heteroatoms. The highest BCUT2D eigenvalue weighted by Gasteiger charge is 2.41. The molecule has 1 aliphatic carbocycles. The summed E-state index contributed by atoms with van der Waals surface area (Å²) in [4.78, 5) is 1.27. The van der Waals surface area contributed by atoms with Crippen LogP contribution in [0.3, 0.4) is 0 Å². The van der Waals surface area contributed by atoms with E-state index in [4.69, 9.17) is 17.3 Å². The predicted octanol–water partition coefficient (Wildman–Crippen LogP) is 3.56. The van der Waals surface area contributed by atoms with Gasteiger partial charge in [0, 0.05) is 21.2 Å². The smallest absolute Gasteiger partial charge is 0.0406 e. The van der Waals surface area contributed by atoms with Crippen LogP contribution in [0, 0.1) is 5.92 Å². The zero-order valence-electron chi connectivity index (χ0n) is 8.87. The predicted molar refractivity (Wildman–Crippen MR) is 67.5 cm³/mol. The van der Waals surface area contributed by atoms with Gasteiger partial charge in [0.2, 0.25) is 0 Å². The Kier molecular flexibility index (Phi) is 3.29. The van der Waals surface area contributed by atoms with Gasteiger partial charge in [-0.25, -0.2) is 0 Å². The second-order valence-electron chi connectivity index (χ2n) is 4.46. The van der Waals surface area contributed by atoms with Crippen LogP contribution in [0.4, 0.5) is 0 Å². The van der Waals surface area contributed by atoms with Crippen LogP contribution in [-0.2, 0) is 0 Å². The van der Waals surface area contributed by atoms with E-state index in [-0.39, 0.29) is 4.75 Å². The SMILES string of the molecule is CC1CC(CN)(Sc2ccc(Cl)cc2)C1. The molecule has 1 aromatic carbocycles. The van der Waals surface area contributed by atoms with Gasteiger partial charge in [-0.15, -0.1) is 11.8 Å². The molecule has 0 unspecified atom stereocenters. The molecule has 82 valence electrons. The summed E-state index contributed by atoms with van der Waals surface area (Å²) in [6, 6.07) is 8.03. The molecule has 2 rings (SSSR count). The fraction of sp³-hybridized carbons (Fsp3) is 0.500. The van der Waals surface area contributed by atoms with Crippen LogP contribution < -0.4 is 5.73 Å². The second-order valence-corrected chi connectivity index (χ2v) is 6.43. The molecule has 0 bridgehead atoms. The molecule has 1 fully saturated rings. The highest BCUT2D eigenvalue weighted by molar-refractivity contribution is 8.00. The van der Waals surface area contributed by atoms with Gasteiger partial charge in [0.1, 0.15) is 0 Å². The van der Waals surface area contributed by atoms with Crippen LogP contribution in [0.15, 0.2) is 29.2 Å². The lowest BCUT2D eigenvalue weighted by atomic mass is 9.75. The molecular formula is C12H16ClNS. The van der Waals surface area contributed by atoms with Gasteiger partial charge in [-0.1, -0.05) is 18.5 Å². The maximum absolute atomic E-state index is 5.86. The van der Waals surface area contributed by atoms with E-state index in [1.165, 1.54) is 17.7 Å². The van der Waals surface area contributed by atoms with Gasteiger partial charge in [0.05, 0.1) is 0 Å². The number of hydrogen-bond acceptors (Lipinski definition) is 2. The molecule has 0 atom stereocenters. The van der Waals surface area contributed by atoms with Crippen LogP contribution >= 0.6 is 23.4 Å². The van der Waals surface area contributed by atoms with Gasteiger partial charge in [0.15, 0.2) is 0 Å². The van der Waals surface area contributed by atoms with Crippen LogP contribution in [-0.4, -0.2) is 11.3 Å². The Morgan fingerprint density at radius 2 is 2.00 bits per heavy atom. The monoisotopic (exact) mass is 241 g/mol. The Labute approximate surface area is 100 Å². The summed E-state index contributed by atoms with van der Waals surface area (Å²) in [5.74, 6) is 0.827. The number of hydrogen-bond donors (Lipinski definition) is 1. The minimum Gasteiger partial charge on any atom is -0.329 e. The van der Waals surface area contributed by atoms with E-state index >= 15 is 0 Å². The third-order valence-electron chi connectivity index (χ3n) is 2.96. The topological polar surface area (TPSA) is 26.0 Å². The number of halogens is 1. The quantitative estimate of drug-likeness (QED) is 0.876. The summed E-state index contributed by atoms with van der Waals surface area (Å²) in [7, 11) is 0. The molecular weight excluding hydrogens is 226 g/mol. The molecule has 15 heavy (non-hydrogen) atoms. The van der Waals surface area contributed by atoms with Crippen molar-refractivity contribution in [3.05, 3.63) is 29.3 Å². The number of nitrogens with two attached hydrogens (primary N) is 1. The second kappa shape index (κ2) is 4.36. The highest BCUT2D eigenvalue weighted by Crippen LogP contribution is 2.50. The van der Waals surface area contributed by atoms with Crippen LogP contribution in [0.2, 0.25) is 5.02 Å². The standard InChI is InChI=1S/C12H16ClNS/c1-9-6-12(7-9,8-14)15-11-4-2-10(13)3-5-11/h2-5,9H,6-8,14H2,1H3. The van der Waals surface area contributed by atoms with Gasteiger partial charge in [-0.05, 0) is 43.0 Å². The van der Waals surface area contributed by atoms with Crippen LogP contribution in [0.25, 0.3) is 0 Å². The number of benzene rings is 1. The van der Waals surface area contributed by atoms with E-state index in [1.807, 2.05) is 23.9 Å². The first kappa shape index (κ1) is 11.3. The minimum atomic E-state index is 0.285. The normalized spacial score (nSPS) is 29.9. The lowest BCUT2D eigenvalue weighted by Crippen LogP contribution is -2.45. The van der Waals surface area contributed by atoms with Crippen molar-refractivity contribution in [1.29, 1.82) is 0 Å². The van der Waals surface area contributed by atoms with Crippen molar-refractivity contribution < 1.29 is 0 Å². The first-order valence-electron chi connectivity index (χ1n) is 5.28. The molecule has 1 aromatic rings. The zero-order chi connectivity index (χ0) is 10.9. The third kappa shape index (κ3) is 2.49. The lowest BCUT2D eigenvalue weighted by molar-refractivity contribution is 0.257. The molecule has 1 saturated carbocycles. The van der Waals surface area contributed by atoms with Crippen molar-refractivity contribution in [2.45, 2.75) is 29.4 Å². The van der Waals surface area contributed by atoms with Gasteiger partial charge < -0.3 is 5.73 Å². The van der Waals surface area contributed by atoms with Crippen molar-refractivity contribution in [2.75, 3.05) is 6.54 Å². The molecule has 0 heterocycles. The molecule has 1 aliphatic rings. The highest BCUT2D eigenvalue weighted by atomic mass is 35.5.